The van der Waals surface area contributed by atoms with Crippen LogP contribution in [0.15, 0.2) is 24.3 Å². The van der Waals surface area contributed by atoms with E-state index in [9.17, 15) is 9.59 Å². The highest BCUT2D eigenvalue weighted by molar-refractivity contribution is 5.91. The Hall–Kier alpha value is -2.12. The highest BCUT2D eigenvalue weighted by Gasteiger charge is 2.44. The number of likely N-dealkylation sites (tertiary alicyclic amines) is 1. The fourth-order valence-electron chi connectivity index (χ4n) is 3.90. The minimum absolute atomic E-state index is 0.0769. The van der Waals surface area contributed by atoms with Crippen LogP contribution in [0.4, 0.5) is 10.5 Å². The highest BCUT2D eigenvalue weighted by Crippen LogP contribution is 2.37. The number of rotatable bonds is 4. The van der Waals surface area contributed by atoms with Crippen LogP contribution in [0.3, 0.4) is 0 Å². The van der Waals surface area contributed by atoms with Gasteiger partial charge in [0.15, 0.2) is 0 Å². The first-order valence-electron chi connectivity index (χ1n) is 9.32. The van der Waals surface area contributed by atoms with Crippen molar-refractivity contribution in [3.63, 3.8) is 0 Å². The Labute approximate surface area is 152 Å². The van der Waals surface area contributed by atoms with E-state index in [0.29, 0.717) is 30.9 Å². The van der Waals surface area contributed by atoms with E-state index in [4.69, 9.17) is 9.84 Å². The molecule has 26 heavy (non-hydrogen) atoms. The molecule has 1 unspecified atom stereocenters. The van der Waals surface area contributed by atoms with E-state index in [1.807, 2.05) is 0 Å². The second-order valence-electron chi connectivity index (χ2n) is 7.64. The van der Waals surface area contributed by atoms with Crippen LogP contribution in [0.2, 0.25) is 0 Å². The van der Waals surface area contributed by atoms with E-state index in [1.165, 1.54) is 25.0 Å². The molecule has 1 aliphatic carbocycles. The monoisotopic (exact) mass is 359 g/mol. The maximum atomic E-state index is 12.5. The smallest absolute Gasteiger partial charge is 0.335 e. The third-order valence-corrected chi connectivity index (χ3v) is 5.60. The number of aromatic carboxylic acids is 1. The molecule has 3 aliphatic rings. The standard InChI is InChI=1S/C19H25N3O4/c23-17(24)13-1-3-15(4-2-13)21-18(25)22-9-7-19(8-10-22)11-16(12-26-19)20-14-5-6-14/h1-4,14,16,20H,5-12H2,(H,21,25)(H,23,24). The van der Waals surface area contributed by atoms with E-state index in [0.717, 1.165) is 25.9 Å². The molecule has 2 amide bonds. The third-order valence-electron chi connectivity index (χ3n) is 5.60. The van der Waals surface area contributed by atoms with Crippen LogP contribution in [0.1, 0.15) is 42.5 Å². The maximum Gasteiger partial charge on any atom is 0.335 e. The summed E-state index contributed by atoms with van der Waals surface area (Å²) < 4.78 is 6.13. The van der Waals surface area contributed by atoms with Crippen molar-refractivity contribution in [3.05, 3.63) is 29.8 Å². The van der Waals surface area contributed by atoms with Crippen molar-refractivity contribution in [2.75, 3.05) is 25.0 Å². The quantitative estimate of drug-likeness (QED) is 0.767. The second kappa shape index (κ2) is 6.89. The van der Waals surface area contributed by atoms with E-state index in [-0.39, 0.29) is 17.2 Å². The molecule has 2 aliphatic heterocycles. The Kier molecular flexibility index (Phi) is 4.58. The number of hydrogen-bond acceptors (Lipinski definition) is 4. The van der Waals surface area contributed by atoms with Gasteiger partial charge in [0, 0.05) is 30.9 Å². The van der Waals surface area contributed by atoms with Crippen LogP contribution >= 0.6 is 0 Å². The lowest BCUT2D eigenvalue weighted by molar-refractivity contribution is -0.0355. The Morgan fingerprint density at radius 2 is 1.81 bits per heavy atom. The van der Waals surface area contributed by atoms with Gasteiger partial charge in [0.1, 0.15) is 0 Å². The molecule has 2 saturated heterocycles. The van der Waals surface area contributed by atoms with Gasteiger partial charge in [-0.3, -0.25) is 0 Å². The fourth-order valence-corrected chi connectivity index (χ4v) is 3.90. The zero-order chi connectivity index (χ0) is 18.1. The maximum absolute atomic E-state index is 12.5. The summed E-state index contributed by atoms with van der Waals surface area (Å²) in [6.07, 6.45) is 5.33. The highest BCUT2D eigenvalue weighted by atomic mass is 16.5. The van der Waals surface area contributed by atoms with Crippen molar-refractivity contribution in [3.8, 4) is 0 Å². The zero-order valence-corrected chi connectivity index (χ0v) is 14.7. The molecule has 1 aromatic carbocycles. The minimum Gasteiger partial charge on any atom is -0.478 e. The fraction of sp³-hybridized carbons (Fsp3) is 0.579. The van der Waals surface area contributed by atoms with E-state index in [2.05, 4.69) is 10.6 Å². The number of carboxylic acids is 1. The Balaban J connectivity index is 1.27. The molecular formula is C19H25N3O4. The van der Waals surface area contributed by atoms with Crippen LogP contribution in [0.25, 0.3) is 0 Å². The number of benzene rings is 1. The summed E-state index contributed by atoms with van der Waals surface area (Å²) in [5, 5.41) is 15.4. The number of carboxylic acid groups (broad SMARTS) is 1. The third kappa shape index (κ3) is 3.83. The summed E-state index contributed by atoms with van der Waals surface area (Å²) in [7, 11) is 0. The predicted octanol–water partition coefficient (Wildman–Crippen LogP) is 2.29. The van der Waals surface area contributed by atoms with Crippen molar-refractivity contribution in [2.45, 2.75) is 49.8 Å². The largest absolute Gasteiger partial charge is 0.478 e. The molecule has 140 valence electrons. The number of anilines is 1. The van der Waals surface area contributed by atoms with Gasteiger partial charge in [-0.05, 0) is 56.4 Å². The molecule has 3 N–H and O–H groups in total. The number of carbonyl (C=O) groups is 2. The van der Waals surface area contributed by atoms with Crippen molar-refractivity contribution < 1.29 is 19.4 Å². The van der Waals surface area contributed by atoms with Gasteiger partial charge in [0.25, 0.3) is 0 Å². The number of urea groups is 1. The topological polar surface area (TPSA) is 90.9 Å². The summed E-state index contributed by atoms with van der Waals surface area (Å²) in [5.74, 6) is -0.977. The first-order valence-corrected chi connectivity index (χ1v) is 9.32. The lowest BCUT2D eigenvalue weighted by atomic mass is 9.87. The normalized spacial score (nSPS) is 24.6. The molecule has 3 fully saturated rings. The molecule has 0 bridgehead atoms. The molecule has 7 nitrogen and oxygen atoms in total. The van der Waals surface area contributed by atoms with Crippen LogP contribution in [0.5, 0.6) is 0 Å². The molecule has 4 rings (SSSR count). The van der Waals surface area contributed by atoms with Gasteiger partial charge in [0.2, 0.25) is 0 Å². The number of carbonyl (C=O) groups excluding carboxylic acids is 1. The van der Waals surface area contributed by atoms with E-state index >= 15 is 0 Å². The van der Waals surface area contributed by atoms with Crippen LogP contribution in [-0.2, 0) is 4.74 Å². The number of ether oxygens (including phenoxy) is 1. The molecule has 0 aromatic heterocycles. The summed E-state index contributed by atoms with van der Waals surface area (Å²) in [6, 6.07) is 7.20. The summed E-state index contributed by atoms with van der Waals surface area (Å²) >= 11 is 0. The minimum atomic E-state index is -0.977. The lowest BCUT2D eigenvalue weighted by Crippen LogP contribution is -2.48. The SMILES string of the molecule is O=C(O)c1ccc(NC(=O)N2CCC3(CC2)CC(NC2CC2)CO3)cc1. The van der Waals surface area contributed by atoms with E-state index < -0.39 is 5.97 Å². The first kappa shape index (κ1) is 17.3. The molecule has 1 aromatic rings. The zero-order valence-electron chi connectivity index (χ0n) is 14.7. The summed E-state index contributed by atoms with van der Waals surface area (Å²) in [5.41, 5.74) is 0.730. The molecule has 0 radical (unpaired) electrons. The number of hydrogen-bond donors (Lipinski definition) is 3. The number of amides is 2. The van der Waals surface area contributed by atoms with Crippen molar-refractivity contribution >= 4 is 17.7 Å². The number of nitrogens with one attached hydrogen (secondary N) is 2. The molecule has 7 heteroatoms. The van der Waals surface area contributed by atoms with Crippen molar-refractivity contribution in [2.24, 2.45) is 0 Å². The molecule has 1 saturated carbocycles. The second-order valence-corrected chi connectivity index (χ2v) is 7.64. The van der Waals surface area contributed by atoms with Gasteiger partial charge < -0.3 is 25.4 Å². The Morgan fingerprint density at radius 1 is 1.12 bits per heavy atom. The van der Waals surface area contributed by atoms with Crippen molar-refractivity contribution in [1.29, 1.82) is 0 Å². The molecule has 1 atom stereocenters. The van der Waals surface area contributed by atoms with Gasteiger partial charge >= 0.3 is 12.0 Å². The van der Waals surface area contributed by atoms with Crippen LogP contribution in [-0.4, -0.2) is 59.4 Å². The first-order chi connectivity index (χ1) is 12.5. The Morgan fingerprint density at radius 3 is 2.42 bits per heavy atom. The summed E-state index contributed by atoms with van der Waals surface area (Å²) in [6.45, 7) is 2.13. The van der Waals surface area contributed by atoms with E-state index in [1.54, 1.807) is 17.0 Å². The predicted molar refractivity (Wildman–Crippen MR) is 96.5 cm³/mol. The molecule has 1 spiro atoms. The van der Waals surface area contributed by atoms with Gasteiger partial charge in [-0.15, -0.1) is 0 Å². The molecule has 2 heterocycles. The summed E-state index contributed by atoms with van der Waals surface area (Å²) in [4.78, 5) is 25.1. The average Bonchev–Trinajstić information content (AvgIpc) is 3.37. The van der Waals surface area contributed by atoms with Gasteiger partial charge in [0.05, 0.1) is 17.8 Å². The van der Waals surface area contributed by atoms with Gasteiger partial charge in [-0.2, -0.15) is 0 Å². The lowest BCUT2D eigenvalue weighted by Gasteiger charge is -2.38. The number of nitrogens with zero attached hydrogens (tertiary/aromatic N) is 1. The van der Waals surface area contributed by atoms with Crippen molar-refractivity contribution in [1.82, 2.24) is 10.2 Å². The Bertz CT molecular complexity index is 679. The number of piperidine rings is 1. The van der Waals surface area contributed by atoms with Gasteiger partial charge in [-0.1, -0.05) is 0 Å². The van der Waals surface area contributed by atoms with Crippen LogP contribution in [0, 0.1) is 0 Å². The average molecular weight is 359 g/mol. The van der Waals surface area contributed by atoms with Crippen LogP contribution < -0.4 is 10.6 Å². The van der Waals surface area contributed by atoms with Gasteiger partial charge in [-0.25, -0.2) is 9.59 Å². The molecular weight excluding hydrogens is 334 g/mol.